The van der Waals surface area contributed by atoms with Gasteiger partial charge >= 0.3 is 0 Å². The second-order valence-corrected chi connectivity index (χ2v) is 6.00. The third-order valence-electron chi connectivity index (χ3n) is 4.00. The summed E-state index contributed by atoms with van der Waals surface area (Å²) in [4.78, 5) is 26.3. The predicted molar refractivity (Wildman–Crippen MR) is 91.9 cm³/mol. The summed E-state index contributed by atoms with van der Waals surface area (Å²) in [5.74, 6) is -0.0472. The topological polar surface area (TPSA) is 49.4 Å². The van der Waals surface area contributed by atoms with Gasteiger partial charge in [0.2, 0.25) is 5.91 Å². The number of amides is 2. The molecule has 2 aromatic rings. The van der Waals surface area contributed by atoms with Crippen LogP contribution in [0.15, 0.2) is 42.5 Å². The van der Waals surface area contributed by atoms with E-state index < -0.39 is 0 Å². The van der Waals surface area contributed by atoms with Gasteiger partial charge in [0.15, 0.2) is 0 Å². The minimum absolute atomic E-state index is 0.109. The SMILES string of the molecule is Cc1cc(C)cc(C(=O)Nc2ccccc2N2CCCC2=O)c1. The molecule has 0 aliphatic carbocycles. The lowest BCUT2D eigenvalue weighted by molar-refractivity contribution is -0.117. The van der Waals surface area contributed by atoms with Crippen molar-refractivity contribution in [3.05, 3.63) is 59.2 Å². The molecular weight excluding hydrogens is 288 g/mol. The van der Waals surface area contributed by atoms with Crippen LogP contribution >= 0.6 is 0 Å². The molecule has 0 saturated carbocycles. The number of aryl methyl sites for hydroxylation is 2. The lowest BCUT2D eigenvalue weighted by Crippen LogP contribution is -2.25. The van der Waals surface area contributed by atoms with Gasteiger partial charge in [0.1, 0.15) is 0 Å². The molecular formula is C19H20N2O2. The summed E-state index contributed by atoms with van der Waals surface area (Å²) >= 11 is 0. The number of benzene rings is 2. The summed E-state index contributed by atoms with van der Waals surface area (Å²) in [5, 5.41) is 2.95. The summed E-state index contributed by atoms with van der Waals surface area (Å²) in [6.07, 6.45) is 1.43. The maximum Gasteiger partial charge on any atom is 0.255 e. The van der Waals surface area contributed by atoms with Gasteiger partial charge in [0.05, 0.1) is 11.4 Å². The van der Waals surface area contributed by atoms with Crippen molar-refractivity contribution in [1.29, 1.82) is 0 Å². The van der Waals surface area contributed by atoms with Gasteiger partial charge in [-0.05, 0) is 44.5 Å². The molecule has 0 radical (unpaired) electrons. The molecule has 1 fully saturated rings. The maximum absolute atomic E-state index is 12.6. The number of rotatable bonds is 3. The van der Waals surface area contributed by atoms with E-state index in [2.05, 4.69) is 5.32 Å². The smallest absolute Gasteiger partial charge is 0.255 e. The van der Waals surface area contributed by atoms with Gasteiger partial charge in [0.25, 0.3) is 5.91 Å². The van der Waals surface area contributed by atoms with E-state index in [4.69, 9.17) is 0 Å². The third kappa shape index (κ3) is 3.26. The Labute approximate surface area is 136 Å². The summed E-state index contributed by atoms with van der Waals surface area (Å²) in [5.41, 5.74) is 4.18. The minimum Gasteiger partial charge on any atom is -0.320 e. The first-order valence-electron chi connectivity index (χ1n) is 7.83. The van der Waals surface area contributed by atoms with E-state index >= 15 is 0 Å². The molecule has 1 saturated heterocycles. The van der Waals surface area contributed by atoms with Crippen LogP contribution in [0.3, 0.4) is 0 Å². The lowest BCUT2D eigenvalue weighted by atomic mass is 10.1. The molecule has 3 rings (SSSR count). The number of hydrogen-bond donors (Lipinski definition) is 1. The zero-order chi connectivity index (χ0) is 16.4. The minimum atomic E-state index is -0.157. The first kappa shape index (κ1) is 15.3. The van der Waals surface area contributed by atoms with Crippen molar-refractivity contribution in [2.75, 3.05) is 16.8 Å². The van der Waals surface area contributed by atoms with Crippen molar-refractivity contribution in [3.8, 4) is 0 Å². The van der Waals surface area contributed by atoms with E-state index in [9.17, 15) is 9.59 Å². The maximum atomic E-state index is 12.6. The van der Waals surface area contributed by atoms with Crippen LogP contribution in [0.4, 0.5) is 11.4 Å². The first-order chi connectivity index (χ1) is 11.0. The average molecular weight is 308 g/mol. The van der Waals surface area contributed by atoms with Crippen molar-refractivity contribution in [3.63, 3.8) is 0 Å². The van der Waals surface area contributed by atoms with Gasteiger partial charge in [-0.2, -0.15) is 0 Å². The molecule has 118 valence electrons. The van der Waals surface area contributed by atoms with Crippen LogP contribution in [0.2, 0.25) is 0 Å². The fourth-order valence-electron chi connectivity index (χ4n) is 3.02. The van der Waals surface area contributed by atoms with E-state index in [1.165, 1.54) is 0 Å². The number of nitrogens with zero attached hydrogens (tertiary/aromatic N) is 1. The largest absolute Gasteiger partial charge is 0.320 e. The lowest BCUT2D eigenvalue weighted by Gasteiger charge is -2.20. The van der Waals surface area contributed by atoms with Gasteiger partial charge in [-0.25, -0.2) is 0 Å². The fourth-order valence-corrected chi connectivity index (χ4v) is 3.02. The summed E-state index contributed by atoms with van der Waals surface area (Å²) < 4.78 is 0. The van der Waals surface area contributed by atoms with Crippen molar-refractivity contribution in [2.45, 2.75) is 26.7 Å². The fraction of sp³-hybridized carbons (Fsp3) is 0.263. The Bertz CT molecular complexity index is 747. The molecule has 1 aliphatic heterocycles. The first-order valence-corrected chi connectivity index (χ1v) is 7.83. The molecule has 2 amide bonds. The molecule has 0 unspecified atom stereocenters. The van der Waals surface area contributed by atoms with Gasteiger partial charge in [-0.1, -0.05) is 29.3 Å². The highest BCUT2D eigenvalue weighted by atomic mass is 16.2. The monoisotopic (exact) mass is 308 g/mol. The molecule has 4 nitrogen and oxygen atoms in total. The Kier molecular flexibility index (Phi) is 4.15. The van der Waals surface area contributed by atoms with Crippen LogP contribution < -0.4 is 10.2 Å². The predicted octanol–water partition coefficient (Wildman–Crippen LogP) is 3.68. The zero-order valence-electron chi connectivity index (χ0n) is 13.4. The molecule has 2 aromatic carbocycles. The van der Waals surface area contributed by atoms with Crippen LogP contribution in [0, 0.1) is 13.8 Å². The quantitative estimate of drug-likeness (QED) is 0.940. The van der Waals surface area contributed by atoms with E-state index in [1.807, 2.05) is 56.3 Å². The number of anilines is 2. The molecule has 1 aliphatic rings. The number of carbonyl (C=O) groups is 2. The summed E-state index contributed by atoms with van der Waals surface area (Å²) in [7, 11) is 0. The van der Waals surface area contributed by atoms with E-state index in [-0.39, 0.29) is 11.8 Å². The highest BCUT2D eigenvalue weighted by Gasteiger charge is 2.24. The Balaban J connectivity index is 1.88. The Morgan fingerprint density at radius 2 is 1.78 bits per heavy atom. The average Bonchev–Trinajstić information content (AvgIpc) is 2.93. The van der Waals surface area contributed by atoms with Crippen molar-refractivity contribution < 1.29 is 9.59 Å². The Hall–Kier alpha value is -2.62. The van der Waals surface area contributed by atoms with E-state index in [0.29, 0.717) is 24.2 Å². The second-order valence-electron chi connectivity index (χ2n) is 6.00. The van der Waals surface area contributed by atoms with Crippen LogP contribution in [0.25, 0.3) is 0 Å². The number of para-hydroxylation sites is 2. The molecule has 1 N–H and O–H groups in total. The molecule has 0 atom stereocenters. The number of hydrogen-bond acceptors (Lipinski definition) is 2. The van der Waals surface area contributed by atoms with Crippen molar-refractivity contribution in [2.24, 2.45) is 0 Å². The molecule has 1 heterocycles. The molecule has 0 bridgehead atoms. The second kappa shape index (κ2) is 6.24. The molecule has 0 aromatic heterocycles. The van der Waals surface area contributed by atoms with E-state index in [0.717, 1.165) is 23.2 Å². The number of carbonyl (C=O) groups excluding carboxylic acids is 2. The Morgan fingerprint density at radius 1 is 1.09 bits per heavy atom. The third-order valence-corrected chi connectivity index (χ3v) is 4.00. The zero-order valence-corrected chi connectivity index (χ0v) is 13.4. The van der Waals surface area contributed by atoms with E-state index in [1.54, 1.807) is 4.90 Å². The highest BCUT2D eigenvalue weighted by molar-refractivity contribution is 6.08. The van der Waals surface area contributed by atoms with Crippen molar-refractivity contribution in [1.82, 2.24) is 0 Å². The van der Waals surface area contributed by atoms with Crippen LogP contribution in [-0.4, -0.2) is 18.4 Å². The van der Waals surface area contributed by atoms with Gasteiger partial charge in [-0.15, -0.1) is 0 Å². The van der Waals surface area contributed by atoms with Crippen LogP contribution in [-0.2, 0) is 4.79 Å². The van der Waals surface area contributed by atoms with Crippen LogP contribution in [0.5, 0.6) is 0 Å². The number of nitrogens with one attached hydrogen (secondary N) is 1. The highest BCUT2D eigenvalue weighted by Crippen LogP contribution is 2.29. The molecule has 4 heteroatoms. The Morgan fingerprint density at radius 3 is 2.43 bits per heavy atom. The van der Waals surface area contributed by atoms with Gasteiger partial charge < -0.3 is 10.2 Å². The summed E-state index contributed by atoms with van der Waals surface area (Å²) in [6, 6.07) is 13.2. The molecule has 0 spiro atoms. The van der Waals surface area contributed by atoms with Gasteiger partial charge in [-0.3, -0.25) is 9.59 Å². The van der Waals surface area contributed by atoms with Crippen molar-refractivity contribution >= 4 is 23.2 Å². The summed E-state index contributed by atoms with van der Waals surface area (Å²) in [6.45, 7) is 4.65. The van der Waals surface area contributed by atoms with Crippen LogP contribution in [0.1, 0.15) is 34.3 Å². The van der Waals surface area contributed by atoms with Gasteiger partial charge in [0, 0.05) is 18.5 Å². The standard InChI is InChI=1S/C19H20N2O2/c1-13-10-14(2)12-15(11-13)19(23)20-16-6-3-4-7-17(16)21-9-5-8-18(21)22/h3-4,6-7,10-12H,5,8-9H2,1-2H3,(H,20,23). The normalized spacial score (nSPS) is 14.2. The molecule has 23 heavy (non-hydrogen) atoms.